The maximum atomic E-state index is 12.6. The molecule has 0 saturated heterocycles. The molecule has 1 aromatic carbocycles. The molecule has 1 N–H and O–H groups in total. The number of benzene rings is 1. The van der Waals surface area contributed by atoms with E-state index in [2.05, 4.69) is 6.58 Å². The fourth-order valence-corrected chi connectivity index (χ4v) is 1.02. The second kappa shape index (κ2) is 3.74. The average molecular weight is 184 g/mol. The first-order valence-corrected chi connectivity index (χ1v) is 3.78. The van der Waals surface area contributed by atoms with Crippen molar-refractivity contribution in [2.45, 2.75) is 0 Å². The maximum Gasteiger partial charge on any atom is 0.350 e. The average Bonchev–Trinajstić information content (AvgIpc) is 2.08. The summed E-state index contributed by atoms with van der Waals surface area (Å²) in [6.45, 7) is 2.61. The van der Waals surface area contributed by atoms with Crippen LogP contribution in [0.25, 0.3) is 0 Å². The molecule has 62 valence electrons. The maximum absolute atomic E-state index is 12.6. The van der Waals surface area contributed by atoms with Crippen molar-refractivity contribution in [1.82, 2.24) is 0 Å². The highest BCUT2D eigenvalue weighted by molar-refractivity contribution is 6.71. The normalized spacial score (nSPS) is 9.58. The minimum atomic E-state index is -0.789. The van der Waals surface area contributed by atoms with Crippen LogP contribution < -0.4 is 5.46 Å². The monoisotopic (exact) mass is 184 g/mol. The van der Waals surface area contributed by atoms with Gasteiger partial charge < -0.3 is 5.02 Å². The lowest BCUT2D eigenvalue weighted by molar-refractivity contribution is 0.598. The third kappa shape index (κ3) is 1.87. The van der Waals surface area contributed by atoms with E-state index in [9.17, 15) is 9.41 Å². The van der Waals surface area contributed by atoms with E-state index in [1.807, 2.05) is 0 Å². The molecule has 0 heterocycles. The van der Waals surface area contributed by atoms with Crippen molar-refractivity contribution in [3.8, 4) is 0 Å². The van der Waals surface area contributed by atoms with Crippen LogP contribution in [0.4, 0.5) is 4.39 Å². The SMILES string of the molecule is C=CB(O)c1ccc(F)c(Cl)c1. The van der Waals surface area contributed by atoms with Crippen molar-refractivity contribution in [2.75, 3.05) is 0 Å². The molecule has 0 aliphatic carbocycles. The zero-order valence-electron chi connectivity index (χ0n) is 6.30. The quantitative estimate of drug-likeness (QED) is 0.689. The lowest BCUT2D eigenvalue weighted by Crippen LogP contribution is -2.27. The molecular weight excluding hydrogens is 177 g/mol. The largest absolute Gasteiger partial charge is 0.443 e. The van der Waals surface area contributed by atoms with E-state index in [1.54, 1.807) is 0 Å². The first kappa shape index (κ1) is 9.29. The van der Waals surface area contributed by atoms with Gasteiger partial charge in [-0.25, -0.2) is 4.39 Å². The van der Waals surface area contributed by atoms with Crippen LogP contribution in [0.5, 0.6) is 0 Å². The van der Waals surface area contributed by atoms with Crippen LogP contribution in [-0.2, 0) is 0 Å². The number of hydrogen-bond acceptors (Lipinski definition) is 1. The summed E-state index contributed by atoms with van der Waals surface area (Å²) in [4.78, 5) is 0. The highest BCUT2D eigenvalue weighted by Gasteiger charge is 2.10. The summed E-state index contributed by atoms with van der Waals surface area (Å²) >= 11 is 5.49. The van der Waals surface area contributed by atoms with Crippen molar-refractivity contribution < 1.29 is 9.41 Å². The fourth-order valence-electron chi connectivity index (χ4n) is 0.832. The van der Waals surface area contributed by atoms with E-state index < -0.39 is 12.7 Å². The lowest BCUT2D eigenvalue weighted by atomic mass is 9.62. The summed E-state index contributed by atoms with van der Waals surface area (Å²) < 4.78 is 12.6. The Morgan fingerprint density at radius 3 is 2.75 bits per heavy atom. The molecule has 0 saturated carbocycles. The van der Waals surface area contributed by atoms with Crippen LogP contribution >= 0.6 is 11.6 Å². The van der Waals surface area contributed by atoms with Crippen molar-refractivity contribution in [1.29, 1.82) is 0 Å². The lowest BCUT2D eigenvalue weighted by Gasteiger charge is -2.01. The number of hydrogen-bond donors (Lipinski definition) is 1. The predicted molar refractivity (Wildman–Crippen MR) is 49.2 cm³/mol. The number of rotatable bonds is 2. The van der Waals surface area contributed by atoms with Gasteiger partial charge in [0, 0.05) is 0 Å². The molecule has 0 aromatic heterocycles. The Balaban J connectivity index is 3.04. The minimum absolute atomic E-state index is 0.00778. The Morgan fingerprint density at radius 1 is 1.58 bits per heavy atom. The van der Waals surface area contributed by atoms with Gasteiger partial charge in [-0.1, -0.05) is 23.6 Å². The van der Waals surface area contributed by atoms with Gasteiger partial charge in [0.05, 0.1) is 5.02 Å². The van der Waals surface area contributed by atoms with Crippen LogP contribution in [0.15, 0.2) is 30.8 Å². The highest BCUT2D eigenvalue weighted by atomic mass is 35.5. The molecule has 0 unspecified atom stereocenters. The molecule has 0 radical (unpaired) electrons. The van der Waals surface area contributed by atoms with Crippen LogP contribution in [0, 0.1) is 5.82 Å². The molecule has 0 spiro atoms. The molecule has 0 bridgehead atoms. The van der Waals surface area contributed by atoms with Gasteiger partial charge in [0.15, 0.2) is 0 Å². The molecule has 0 aliphatic heterocycles. The molecule has 1 rings (SSSR count). The summed E-state index contributed by atoms with van der Waals surface area (Å²) in [5.41, 5.74) is 0.538. The standard InChI is InChI=1S/C8H7BClFO/c1-2-9(12)6-3-4-8(11)7(10)5-6/h2-5,12H,1H2. The van der Waals surface area contributed by atoms with Gasteiger partial charge in [-0.15, -0.1) is 6.58 Å². The van der Waals surface area contributed by atoms with Crippen molar-refractivity contribution in [2.24, 2.45) is 0 Å². The van der Waals surface area contributed by atoms with Crippen molar-refractivity contribution in [3.63, 3.8) is 0 Å². The molecule has 0 amide bonds. The molecule has 0 atom stereocenters. The molecule has 1 nitrogen and oxygen atoms in total. The molecular formula is C8H7BClFO. The number of halogens is 2. The molecule has 12 heavy (non-hydrogen) atoms. The van der Waals surface area contributed by atoms with Gasteiger partial charge in [0.1, 0.15) is 5.82 Å². The molecule has 4 heteroatoms. The van der Waals surface area contributed by atoms with Gasteiger partial charge in [-0.05, 0) is 17.6 Å². The van der Waals surface area contributed by atoms with E-state index >= 15 is 0 Å². The smallest absolute Gasteiger partial charge is 0.350 e. The van der Waals surface area contributed by atoms with Crippen LogP contribution in [0.3, 0.4) is 0 Å². The van der Waals surface area contributed by atoms with Gasteiger partial charge in [-0.3, -0.25) is 0 Å². The summed E-state index contributed by atoms with van der Waals surface area (Å²) in [6.07, 6.45) is 0. The first-order valence-electron chi connectivity index (χ1n) is 3.40. The Labute approximate surface area is 75.6 Å². The van der Waals surface area contributed by atoms with E-state index in [4.69, 9.17) is 11.6 Å². The summed E-state index contributed by atoms with van der Waals surface area (Å²) in [5, 5.41) is 9.25. The highest BCUT2D eigenvalue weighted by Crippen LogP contribution is 2.11. The van der Waals surface area contributed by atoms with Gasteiger partial charge in [0.25, 0.3) is 0 Å². The third-order valence-corrected chi connectivity index (χ3v) is 1.80. The molecule has 1 aromatic rings. The van der Waals surface area contributed by atoms with Gasteiger partial charge in [0.2, 0.25) is 0 Å². The van der Waals surface area contributed by atoms with Gasteiger partial charge >= 0.3 is 6.92 Å². The molecule has 0 aliphatic rings. The summed E-state index contributed by atoms with van der Waals surface area (Å²) in [5.74, 6) is 0.862. The van der Waals surface area contributed by atoms with Crippen molar-refractivity contribution in [3.05, 3.63) is 41.6 Å². The first-order chi connectivity index (χ1) is 5.65. The van der Waals surface area contributed by atoms with E-state index in [1.165, 1.54) is 24.2 Å². The Kier molecular flexibility index (Phi) is 2.90. The zero-order valence-corrected chi connectivity index (χ0v) is 7.05. The van der Waals surface area contributed by atoms with Crippen LogP contribution in [0.2, 0.25) is 5.02 Å². The van der Waals surface area contributed by atoms with Crippen LogP contribution in [-0.4, -0.2) is 11.9 Å². The van der Waals surface area contributed by atoms with E-state index in [0.29, 0.717) is 5.46 Å². The summed E-state index contributed by atoms with van der Waals surface area (Å²) in [6, 6.07) is 4.06. The van der Waals surface area contributed by atoms with Crippen molar-refractivity contribution >= 4 is 24.0 Å². The fraction of sp³-hybridized carbons (Fsp3) is 0. The van der Waals surface area contributed by atoms with Crippen LogP contribution in [0.1, 0.15) is 0 Å². The Morgan fingerprint density at radius 2 is 2.25 bits per heavy atom. The van der Waals surface area contributed by atoms with E-state index in [-0.39, 0.29) is 5.02 Å². The second-order valence-corrected chi connectivity index (χ2v) is 2.76. The second-order valence-electron chi connectivity index (χ2n) is 2.35. The minimum Gasteiger partial charge on any atom is -0.443 e. The van der Waals surface area contributed by atoms with Gasteiger partial charge in [-0.2, -0.15) is 0 Å². The predicted octanol–water partition coefficient (Wildman–Crippen LogP) is 1.40. The third-order valence-electron chi connectivity index (χ3n) is 1.51. The zero-order chi connectivity index (χ0) is 9.14. The Bertz CT molecular complexity index is 303. The Hall–Kier alpha value is -0.795. The topological polar surface area (TPSA) is 20.2 Å². The van der Waals surface area contributed by atoms with E-state index in [0.717, 1.165) is 0 Å². The molecule has 0 fully saturated rings. The summed E-state index contributed by atoms with van der Waals surface area (Å²) in [7, 11) is 0.